The molecule has 0 fully saturated rings. The van der Waals surface area contributed by atoms with Crippen molar-refractivity contribution < 1.29 is 4.79 Å². The maximum absolute atomic E-state index is 11.5. The van der Waals surface area contributed by atoms with E-state index in [0.717, 1.165) is 10.2 Å². The highest BCUT2D eigenvalue weighted by atomic mass is 79.9. The largest absolute Gasteiger partial charge is 0.368 e. The summed E-state index contributed by atoms with van der Waals surface area (Å²) in [6, 6.07) is 6.75. The Labute approximate surface area is 121 Å². The van der Waals surface area contributed by atoms with Gasteiger partial charge in [-0.2, -0.15) is 0 Å². The summed E-state index contributed by atoms with van der Waals surface area (Å²) in [6.07, 6.45) is 1.50. The Morgan fingerprint density at radius 3 is 2.61 bits per heavy atom. The van der Waals surface area contributed by atoms with Gasteiger partial charge in [-0.3, -0.25) is 4.79 Å². The van der Waals surface area contributed by atoms with Gasteiger partial charge in [0.15, 0.2) is 6.04 Å². The van der Waals surface area contributed by atoms with Crippen LogP contribution in [0, 0.1) is 0 Å². The SMILES string of the molecule is NC(=O)C(Nc1ccc(Br)cc1)c1ncc(Cl)s1. The standard InChI is InChI=1S/C11H9BrClN3OS/c12-6-1-3-7(4-2-6)16-9(10(14)17)11-15-5-8(13)18-11/h1-5,9,16H,(H2,14,17). The lowest BCUT2D eigenvalue weighted by Gasteiger charge is -2.14. The summed E-state index contributed by atoms with van der Waals surface area (Å²) in [7, 11) is 0. The molecule has 4 nitrogen and oxygen atoms in total. The van der Waals surface area contributed by atoms with E-state index in [-0.39, 0.29) is 0 Å². The lowest BCUT2D eigenvalue weighted by atomic mass is 10.2. The molecular weight excluding hydrogens is 338 g/mol. The first-order valence-corrected chi connectivity index (χ1v) is 6.97. The number of thiazole rings is 1. The number of nitrogens with two attached hydrogens (primary N) is 1. The number of hydrogen-bond acceptors (Lipinski definition) is 4. The molecule has 0 aliphatic carbocycles. The third kappa shape index (κ3) is 3.22. The van der Waals surface area contributed by atoms with E-state index in [1.54, 1.807) is 0 Å². The van der Waals surface area contributed by atoms with Crippen LogP contribution in [0.15, 0.2) is 34.9 Å². The van der Waals surface area contributed by atoms with E-state index in [0.29, 0.717) is 9.34 Å². The van der Waals surface area contributed by atoms with E-state index in [1.807, 2.05) is 24.3 Å². The number of anilines is 1. The number of carbonyl (C=O) groups is 1. The molecule has 1 aromatic carbocycles. The normalized spacial score (nSPS) is 12.1. The summed E-state index contributed by atoms with van der Waals surface area (Å²) in [5.74, 6) is -0.496. The zero-order valence-corrected chi connectivity index (χ0v) is 12.2. The van der Waals surface area contributed by atoms with Gasteiger partial charge >= 0.3 is 0 Å². The molecule has 1 amide bonds. The van der Waals surface area contributed by atoms with Crippen molar-refractivity contribution in [2.45, 2.75) is 6.04 Å². The molecule has 2 aromatic rings. The van der Waals surface area contributed by atoms with Crippen LogP contribution in [-0.2, 0) is 4.79 Å². The third-order valence-electron chi connectivity index (χ3n) is 2.18. The summed E-state index contributed by atoms with van der Waals surface area (Å²) in [5.41, 5.74) is 6.15. The van der Waals surface area contributed by atoms with Crippen molar-refractivity contribution in [2.75, 3.05) is 5.32 Å². The van der Waals surface area contributed by atoms with Gasteiger partial charge in [0, 0.05) is 10.2 Å². The van der Waals surface area contributed by atoms with Crippen LogP contribution in [0.5, 0.6) is 0 Å². The van der Waals surface area contributed by atoms with Crippen molar-refractivity contribution in [2.24, 2.45) is 5.73 Å². The minimum Gasteiger partial charge on any atom is -0.368 e. The summed E-state index contributed by atoms with van der Waals surface area (Å²) < 4.78 is 1.48. The quantitative estimate of drug-likeness (QED) is 0.893. The first-order chi connectivity index (χ1) is 8.56. The maximum Gasteiger partial charge on any atom is 0.247 e. The molecule has 0 saturated carbocycles. The molecule has 3 N–H and O–H groups in total. The fourth-order valence-corrected chi connectivity index (χ4v) is 2.62. The number of nitrogens with one attached hydrogen (secondary N) is 1. The molecule has 0 spiro atoms. The van der Waals surface area contributed by atoms with Gasteiger partial charge in [-0.1, -0.05) is 27.5 Å². The zero-order valence-electron chi connectivity index (χ0n) is 9.06. The topological polar surface area (TPSA) is 68.0 Å². The molecule has 2 rings (SSSR count). The van der Waals surface area contributed by atoms with Gasteiger partial charge in [-0.05, 0) is 24.3 Å². The molecule has 1 atom stereocenters. The van der Waals surface area contributed by atoms with Crippen molar-refractivity contribution in [3.8, 4) is 0 Å². The van der Waals surface area contributed by atoms with Gasteiger partial charge in [0.1, 0.15) is 9.34 Å². The Morgan fingerprint density at radius 1 is 1.44 bits per heavy atom. The molecule has 1 aromatic heterocycles. The fraction of sp³-hybridized carbons (Fsp3) is 0.0909. The molecule has 0 aliphatic heterocycles. The highest BCUT2D eigenvalue weighted by Gasteiger charge is 2.21. The van der Waals surface area contributed by atoms with Crippen molar-refractivity contribution in [3.05, 3.63) is 44.3 Å². The number of carbonyl (C=O) groups excluding carboxylic acids is 1. The number of hydrogen-bond donors (Lipinski definition) is 2. The van der Waals surface area contributed by atoms with Gasteiger partial charge in [0.25, 0.3) is 0 Å². The maximum atomic E-state index is 11.5. The first-order valence-electron chi connectivity index (χ1n) is 4.99. The lowest BCUT2D eigenvalue weighted by molar-refractivity contribution is -0.118. The number of benzene rings is 1. The molecule has 18 heavy (non-hydrogen) atoms. The van der Waals surface area contributed by atoms with Crippen molar-refractivity contribution in [1.82, 2.24) is 4.98 Å². The Balaban J connectivity index is 2.22. The first kappa shape index (κ1) is 13.3. The molecule has 0 saturated heterocycles. The van der Waals surface area contributed by atoms with Crippen LogP contribution in [0.2, 0.25) is 4.34 Å². The molecule has 0 radical (unpaired) electrons. The van der Waals surface area contributed by atoms with Crippen LogP contribution in [0.4, 0.5) is 5.69 Å². The number of nitrogens with zero attached hydrogens (tertiary/aromatic N) is 1. The summed E-state index contributed by atoms with van der Waals surface area (Å²) in [5, 5.41) is 3.58. The second kappa shape index (κ2) is 5.69. The number of primary amides is 1. The van der Waals surface area contributed by atoms with Crippen LogP contribution in [0.25, 0.3) is 0 Å². The molecule has 0 bridgehead atoms. The van der Waals surface area contributed by atoms with E-state index in [2.05, 4.69) is 26.2 Å². The second-order valence-electron chi connectivity index (χ2n) is 3.49. The highest BCUT2D eigenvalue weighted by Crippen LogP contribution is 2.27. The Morgan fingerprint density at radius 2 is 2.11 bits per heavy atom. The van der Waals surface area contributed by atoms with E-state index in [9.17, 15) is 4.79 Å². The molecule has 0 aliphatic rings. The molecule has 7 heteroatoms. The monoisotopic (exact) mass is 345 g/mol. The second-order valence-corrected chi connectivity index (χ2v) is 6.10. The van der Waals surface area contributed by atoms with Crippen LogP contribution < -0.4 is 11.1 Å². The van der Waals surface area contributed by atoms with E-state index < -0.39 is 11.9 Å². The number of amides is 1. The Bertz CT molecular complexity index is 558. The van der Waals surface area contributed by atoms with Crippen molar-refractivity contribution in [1.29, 1.82) is 0 Å². The highest BCUT2D eigenvalue weighted by molar-refractivity contribution is 9.10. The van der Waals surface area contributed by atoms with Gasteiger partial charge in [0.2, 0.25) is 5.91 Å². The minimum atomic E-state index is -0.677. The number of halogens is 2. The molecule has 94 valence electrons. The third-order valence-corrected chi connectivity index (χ3v) is 3.89. The van der Waals surface area contributed by atoms with Gasteiger partial charge in [0.05, 0.1) is 6.20 Å². The van der Waals surface area contributed by atoms with Gasteiger partial charge in [-0.15, -0.1) is 11.3 Å². The summed E-state index contributed by atoms with van der Waals surface area (Å²) in [6.45, 7) is 0. The van der Waals surface area contributed by atoms with Crippen LogP contribution in [0.1, 0.15) is 11.0 Å². The zero-order chi connectivity index (χ0) is 13.1. The number of rotatable bonds is 4. The average molecular weight is 347 g/mol. The minimum absolute atomic E-state index is 0.496. The lowest BCUT2D eigenvalue weighted by Crippen LogP contribution is -2.27. The predicted molar refractivity (Wildman–Crippen MR) is 76.8 cm³/mol. The average Bonchev–Trinajstić information content (AvgIpc) is 2.74. The Kier molecular flexibility index (Phi) is 4.21. The van der Waals surface area contributed by atoms with E-state index in [1.165, 1.54) is 17.5 Å². The van der Waals surface area contributed by atoms with Crippen LogP contribution in [0.3, 0.4) is 0 Å². The molecule has 1 unspecified atom stereocenters. The fourth-order valence-electron chi connectivity index (χ4n) is 1.37. The Hall–Kier alpha value is -1.11. The smallest absolute Gasteiger partial charge is 0.247 e. The van der Waals surface area contributed by atoms with E-state index in [4.69, 9.17) is 17.3 Å². The van der Waals surface area contributed by atoms with Crippen LogP contribution >= 0.6 is 38.9 Å². The van der Waals surface area contributed by atoms with Crippen LogP contribution in [-0.4, -0.2) is 10.9 Å². The predicted octanol–water partition coefficient (Wildman–Crippen LogP) is 3.20. The summed E-state index contributed by atoms with van der Waals surface area (Å²) in [4.78, 5) is 15.5. The molecular formula is C11H9BrClN3OS. The van der Waals surface area contributed by atoms with Crippen molar-refractivity contribution >= 4 is 50.5 Å². The van der Waals surface area contributed by atoms with Crippen molar-refractivity contribution in [3.63, 3.8) is 0 Å². The van der Waals surface area contributed by atoms with Gasteiger partial charge < -0.3 is 11.1 Å². The van der Waals surface area contributed by atoms with E-state index >= 15 is 0 Å². The number of aromatic nitrogens is 1. The summed E-state index contributed by atoms with van der Waals surface area (Å²) >= 11 is 10.4. The van der Waals surface area contributed by atoms with Gasteiger partial charge in [-0.25, -0.2) is 4.98 Å². The molecule has 1 heterocycles.